The number of rotatable bonds is 7. The molecule has 0 saturated heterocycles. The van der Waals surface area contributed by atoms with Gasteiger partial charge in [-0.3, -0.25) is 0 Å². The van der Waals surface area contributed by atoms with Gasteiger partial charge in [-0.05, 0) is 58.3 Å². The van der Waals surface area contributed by atoms with Crippen molar-refractivity contribution < 1.29 is 19.7 Å². The van der Waals surface area contributed by atoms with E-state index in [0.717, 1.165) is 47.3 Å². The van der Waals surface area contributed by atoms with Gasteiger partial charge in [-0.25, -0.2) is 4.79 Å². The zero-order chi connectivity index (χ0) is 23.5. The summed E-state index contributed by atoms with van der Waals surface area (Å²) in [6.07, 6.45) is -1.43. The number of ether oxygens (including phenoxy) is 1. The minimum absolute atomic E-state index is 0.00399. The molecule has 1 aliphatic heterocycles. The van der Waals surface area contributed by atoms with Crippen molar-refractivity contribution in [1.29, 1.82) is 0 Å². The number of amides is 1. The first-order chi connectivity index (χ1) is 16.6. The number of carbonyl (C=O) groups is 1. The second kappa shape index (κ2) is 9.97. The van der Waals surface area contributed by atoms with Crippen molar-refractivity contribution in [2.75, 3.05) is 19.7 Å². The Morgan fingerprint density at radius 2 is 1.71 bits per heavy atom. The Kier molecular flexibility index (Phi) is 6.63. The van der Waals surface area contributed by atoms with Crippen LogP contribution in [0.2, 0.25) is 0 Å². The molecule has 3 aromatic carbocycles. The van der Waals surface area contributed by atoms with Crippen molar-refractivity contribution in [2.45, 2.75) is 37.5 Å². The predicted molar refractivity (Wildman–Crippen MR) is 131 cm³/mol. The molecule has 2 unspecified atom stereocenters. The molecule has 6 heteroatoms. The van der Waals surface area contributed by atoms with Crippen molar-refractivity contribution in [2.24, 2.45) is 0 Å². The molecule has 0 spiro atoms. The summed E-state index contributed by atoms with van der Waals surface area (Å²) in [5.74, 6) is 0.00399. The van der Waals surface area contributed by atoms with Crippen LogP contribution in [-0.4, -0.2) is 42.1 Å². The molecule has 3 aromatic rings. The van der Waals surface area contributed by atoms with Gasteiger partial charge in [0.2, 0.25) is 0 Å². The minimum Gasteiger partial charge on any atom is -0.449 e. The van der Waals surface area contributed by atoms with E-state index in [4.69, 9.17) is 4.74 Å². The number of aliphatic hydroxyl groups excluding tert-OH is 2. The second-order valence-corrected chi connectivity index (χ2v) is 8.96. The molecule has 176 valence electrons. The van der Waals surface area contributed by atoms with Crippen molar-refractivity contribution in [3.8, 4) is 11.1 Å². The lowest BCUT2D eigenvalue weighted by atomic mass is 9.90. The number of nitrogens with one attached hydrogen (secondary N) is 2. The molecule has 2 aliphatic rings. The van der Waals surface area contributed by atoms with E-state index in [1.165, 1.54) is 11.1 Å². The number of benzene rings is 3. The summed E-state index contributed by atoms with van der Waals surface area (Å²) in [4.78, 5) is 12.4. The van der Waals surface area contributed by atoms with E-state index in [0.29, 0.717) is 0 Å². The molecule has 4 N–H and O–H groups in total. The van der Waals surface area contributed by atoms with Gasteiger partial charge in [-0.2, -0.15) is 0 Å². The molecule has 0 bridgehead atoms. The molecular weight excluding hydrogens is 428 g/mol. The van der Waals surface area contributed by atoms with Crippen molar-refractivity contribution in [1.82, 2.24) is 10.6 Å². The Bertz CT molecular complexity index is 1130. The highest BCUT2D eigenvalue weighted by atomic mass is 16.5. The first-order valence-electron chi connectivity index (χ1n) is 11.9. The summed E-state index contributed by atoms with van der Waals surface area (Å²) in [5.41, 5.74) is 7.73. The SMILES string of the molecule is O=C(NCCC(O)C(O)c1cccc2c1CCNC2)OCC1c2ccccc2-c2ccccc21. The maximum atomic E-state index is 12.4. The van der Waals surface area contributed by atoms with Crippen LogP contribution in [-0.2, 0) is 17.7 Å². The standard InChI is InChI=1S/C28H30N2O4/c31-26(27(32)24-11-5-6-18-16-29-14-12-19(18)24)13-15-30-28(33)34-17-25-22-9-3-1-7-20(22)21-8-2-4-10-23(21)25/h1-11,25-27,29,31-32H,12-17H2,(H,30,33). The predicted octanol–water partition coefficient (Wildman–Crippen LogP) is 3.66. The van der Waals surface area contributed by atoms with Crippen LogP contribution in [0.3, 0.4) is 0 Å². The highest BCUT2D eigenvalue weighted by Crippen LogP contribution is 2.44. The number of fused-ring (bicyclic) bond motifs is 4. The van der Waals surface area contributed by atoms with Crippen LogP contribution in [0.1, 0.15) is 46.3 Å². The van der Waals surface area contributed by atoms with Gasteiger partial charge >= 0.3 is 6.09 Å². The molecular formula is C28H30N2O4. The molecule has 0 radical (unpaired) electrons. The summed E-state index contributed by atoms with van der Waals surface area (Å²) >= 11 is 0. The monoisotopic (exact) mass is 458 g/mol. The zero-order valence-electron chi connectivity index (χ0n) is 19.0. The lowest BCUT2D eigenvalue weighted by molar-refractivity contribution is 0.0130. The first-order valence-corrected chi connectivity index (χ1v) is 11.9. The first kappa shape index (κ1) is 22.6. The Morgan fingerprint density at radius 1 is 1.00 bits per heavy atom. The molecule has 1 aliphatic carbocycles. The van der Waals surface area contributed by atoms with Gasteiger partial charge in [-0.15, -0.1) is 0 Å². The lowest BCUT2D eigenvalue weighted by Gasteiger charge is -2.25. The van der Waals surface area contributed by atoms with E-state index >= 15 is 0 Å². The van der Waals surface area contributed by atoms with Crippen LogP contribution in [0.15, 0.2) is 66.7 Å². The molecule has 5 rings (SSSR count). The number of hydrogen-bond donors (Lipinski definition) is 4. The fourth-order valence-corrected chi connectivity index (χ4v) is 5.18. The third-order valence-electron chi connectivity index (χ3n) is 6.91. The third kappa shape index (κ3) is 4.44. The Labute approximate surface area is 199 Å². The average molecular weight is 459 g/mol. The minimum atomic E-state index is -0.989. The zero-order valence-corrected chi connectivity index (χ0v) is 19.0. The summed E-state index contributed by atoms with van der Waals surface area (Å²) in [5, 5.41) is 27.3. The number of hydrogen-bond acceptors (Lipinski definition) is 5. The van der Waals surface area contributed by atoms with Gasteiger partial charge in [0.25, 0.3) is 0 Å². The van der Waals surface area contributed by atoms with Gasteiger partial charge in [0, 0.05) is 19.0 Å². The van der Waals surface area contributed by atoms with Crippen LogP contribution >= 0.6 is 0 Å². The second-order valence-electron chi connectivity index (χ2n) is 8.96. The molecule has 0 fully saturated rings. The van der Waals surface area contributed by atoms with E-state index in [-0.39, 0.29) is 25.5 Å². The van der Waals surface area contributed by atoms with E-state index in [2.05, 4.69) is 34.9 Å². The van der Waals surface area contributed by atoms with Crippen LogP contribution in [0.4, 0.5) is 4.79 Å². The Balaban J connectivity index is 1.14. The molecule has 0 aromatic heterocycles. The largest absolute Gasteiger partial charge is 0.449 e. The summed E-state index contributed by atoms with van der Waals surface area (Å²) in [7, 11) is 0. The average Bonchev–Trinajstić information content (AvgIpc) is 3.20. The topological polar surface area (TPSA) is 90.8 Å². The van der Waals surface area contributed by atoms with Crippen LogP contribution in [0.5, 0.6) is 0 Å². The summed E-state index contributed by atoms with van der Waals surface area (Å²) in [6, 6.07) is 22.2. The summed E-state index contributed by atoms with van der Waals surface area (Å²) < 4.78 is 5.54. The van der Waals surface area contributed by atoms with Crippen molar-refractivity contribution in [3.05, 3.63) is 94.5 Å². The number of aliphatic hydroxyl groups is 2. The van der Waals surface area contributed by atoms with E-state index in [1.807, 2.05) is 42.5 Å². The van der Waals surface area contributed by atoms with Crippen LogP contribution in [0.25, 0.3) is 11.1 Å². The normalized spacial score (nSPS) is 16.2. The van der Waals surface area contributed by atoms with Crippen LogP contribution in [0, 0.1) is 0 Å². The van der Waals surface area contributed by atoms with Gasteiger partial charge in [0.1, 0.15) is 12.7 Å². The van der Waals surface area contributed by atoms with Crippen molar-refractivity contribution in [3.63, 3.8) is 0 Å². The van der Waals surface area contributed by atoms with E-state index < -0.39 is 18.3 Å². The maximum absolute atomic E-state index is 12.4. The van der Waals surface area contributed by atoms with Gasteiger partial charge in [-0.1, -0.05) is 66.7 Å². The van der Waals surface area contributed by atoms with Gasteiger partial charge in [0.15, 0.2) is 0 Å². The van der Waals surface area contributed by atoms with Gasteiger partial charge < -0.3 is 25.6 Å². The lowest BCUT2D eigenvalue weighted by Crippen LogP contribution is -2.31. The smallest absolute Gasteiger partial charge is 0.407 e. The van der Waals surface area contributed by atoms with Gasteiger partial charge in [0.05, 0.1) is 6.10 Å². The highest BCUT2D eigenvalue weighted by molar-refractivity contribution is 5.79. The maximum Gasteiger partial charge on any atom is 0.407 e. The van der Waals surface area contributed by atoms with Crippen molar-refractivity contribution >= 4 is 6.09 Å². The van der Waals surface area contributed by atoms with E-state index in [9.17, 15) is 15.0 Å². The molecule has 2 atom stereocenters. The van der Waals surface area contributed by atoms with Crippen LogP contribution < -0.4 is 10.6 Å². The molecule has 34 heavy (non-hydrogen) atoms. The third-order valence-corrected chi connectivity index (χ3v) is 6.91. The number of carbonyl (C=O) groups excluding carboxylic acids is 1. The molecule has 1 amide bonds. The molecule has 6 nitrogen and oxygen atoms in total. The highest BCUT2D eigenvalue weighted by Gasteiger charge is 2.29. The quantitative estimate of drug-likeness (QED) is 0.434. The fourth-order valence-electron chi connectivity index (χ4n) is 5.18. The summed E-state index contributed by atoms with van der Waals surface area (Å²) in [6.45, 7) is 2.09. The Hall–Kier alpha value is -3.19. The Morgan fingerprint density at radius 3 is 2.44 bits per heavy atom. The molecule has 1 heterocycles. The fraction of sp³-hybridized carbons (Fsp3) is 0.321. The number of alkyl carbamates (subject to hydrolysis) is 1. The molecule has 0 saturated carbocycles. The van der Waals surface area contributed by atoms with E-state index in [1.54, 1.807) is 0 Å².